The molecule has 2 saturated heterocycles. The third-order valence-corrected chi connectivity index (χ3v) is 8.29. The Labute approximate surface area is 188 Å². The van der Waals surface area contributed by atoms with Gasteiger partial charge in [-0.25, -0.2) is 0 Å². The van der Waals surface area contributed by atoms with E-state index in [9.17, 15) is 9.59 Å². The fourth-order valence-corrected chi connectivity index (χ4v) is 6.43. The Morgan fingerprint density at radius 2 is 1.77 bits per heavy atom. The maximum Gasteiger partial charge on any atom is 0.264 e. The second-order valence-corrected chi connectivity index (χ2v) is 10.2. The summed E-state index contributed by atoms with van der Waals surface area (Å²) in [5, 5.41) is 0. The Balaban J connectivity index is 1.20. The first-order valence-electron chi connectivity index (χ1n) is 11.6. The molecule has 1 aliphatic carbocycles. The minimum atomic E-state index is 0.146. The van der Waals surface area contributed by atoms with E-state index in [1.807, 2.05) is 4.90 Å². The molecule has 3 aliphatic rings. The summed E-state index contributed by atoms with van der Waals surface area (Å²) in [6.45, 7) is 6.47. The number of nitrogens with zero attached hydrogens (tertiary/aromatic N) is 3. The van der Waals surface area contributed by atoms with Gasteiger partial charge >= 0.3 is 0 Å². The van der Waals surface area contributed by atoms with Gasteiger partial charge in [0.1, 0.15) is 0 Å². The van der Waals surface area contributed by atoms with Gasteiger partial charge in [0.15, 0.2) is 0 Å². The number of benzene rings is 1. The third kappa shape index (κ3) is 4.15. The van der Waals surface area contributed by atoms with Crippen LogP contribution in [-0.4, -0.2) is 71.8 Å². The number of likely N-dealkylation sites (tertiary alicyclic amines) is 1. The van der Waals surface area contributed by atoms with E-state index in [0.717, 1.165) is 50.2 Å². The molecule has 0 spiro atoms. The number of carbonyl (C=O) groups is 2. The molecule has 1 aromatic carbocycles. The molecule has 2 aliphatic heterocycles. The van der Waals surface area contributed by atoms with Crippen LogP contribution < -0.4 is 0 Å². The summed E-state index contributed by atoms with van der Waals surface area (Å²) in [5.41, 5.74) is 3.99. The topological polar surface area (TPSA) is 43.9 Å². The molecule has 3 heterocycles. The number of rotatable bonds is 3. The van der Waals surface area contributed by atoms with E-state index in [0.29, 0.717) is 25.7 Å². The Morgan fingerprint density at radius 1 is 1.00 bits per heavy atom. The molecule has 2 fully saturated rings. The number of amides is 2. The highest BCUT2D eigenvalue weighted by Crippen LogP contribution is 2.39. The van der Waals surface area contributed by atoms with Gasteiger partial charge in [-0.05, 0) is 61.8 Å². The maximum absolute atomic E-state index is 13.2. The van der Waals surface area contributed by atoms with Gasteiger partial charge < -0.3 is 9.80 Å². The lowest BCUT2D eigenvalue weighted by Crippen LogP contribution is -2.53. The molecule has 0 radical (unpaired) electrons. The van der Waals surface area contributed by atoms with Crippen LogP contribution in [0.5, 0.6) is 0 Å². The van der Waals surface area contributed by atoms with E-state index in [1.54, 1.807) is 11.3 Å². The summed E-state index contributed by atoms with van der Waals surface area (Å²) in [6.07, 6.45) is 5.52. The molecule has 6 heteroatoms. The van der Waals surface area contributed by atoms with Crippen molar-refractivity contribution in [2.45, 2.75) is 45.1 Å². The van der Waals surface area contributed by atoms with E-state index >= 15 is 0 Å². The van der Waals surface area contributed by atoms with E-state index in [1.165, 1.54) is 28.0 Å². The fourth-order valence-electron chi connectivity index (χ4n) is 5.19. The SMILES string of the molecule is CC1CCCCN1C(=O)CN1CCN(C(=O)c2cc3c(s2)-c2ccccc2CC3)CC1. The molecule has 1 atom stereocenters. The van der Waals surface area contributed by atoms with Gasteiger partial charge in [-0.2, -0.15) is 0 Å². The monoisotopic (exact) mass is 437 g/mol. The summed E-state index contributed by atoms with van der Waals surface area (Å²) in [4.78, 5) is 34.3. The van der Waals surface area contributed by atoms with Crippen LogP contribution >= 0.6 is 11.3 Å². The van der Waals surface area contributed by atoms with Crippen molar-refractivity contribution in [3.8, 4) is 10.4 Å². The predicted molar refractivity (Wildman–Crippen MR) is 125 cm³/mol. The number of aryl methyl sites for hydroxylation is 2. The van der Waals surface area contributed by atoms with Crippen LogP contribution in [0.3, 0.4) is 0 Å². The van der Waals surface area contributed by atoms with E-state index < -0.39 is 0 Å². The van der Waals surface area contributed by atoms with E-state index in [4.69, 9.17) is 0 Å². The molecule has 0 saturated carbocycles. The Hall–Kier alpha value is -2.18. The molecule has 2 amide bonds. The van der Waals surface area contributed by atoms with Gasteiger partial charge in [0.05, 0.1) is 11.4 Å². The first-order valence-corrected chi connectivity index (χ1v) is 12.4. The van der Waals surface area contributed by atoms with Crippen molar-refractivity contribution >= 4 is 23.2 Å². The van der Waals surface area contributed by atoms with Gasteiger partial charge in [-0.15, -0.1) is 11.3 Å². The van der Waals surface area contributed by atoms with Gasteiger partial charge in [0, 0.05) is 43.6 Å². The summed E-state index contributed by atoms with van der Waals surface area (Å²) in [6, 6.07) is 11.0. The van der Waals surface area contributed by atoms with Gasteiger partial charge in [-0.3, -0.25) is 14.5 Å². The Morgan fingerprint density at radius 3 is 2.58 bits per heavy atom. The van der Waals surface area contributed by atoms with Crippen molar-refractivity contribution in [2.24, 2.45) is 0 Å². The number of carbonyl (C=O) groups excluding carboxylic acids is 2. The molecule has 5 nitrogen and oxygen atoms in total. The normalized spacial score (nSPS) is 21.5. The van der Waals surface area contributed by atoms with Crippen molar-refractivity contribution in [3.05, 3.63) is 46.3 Å². The van der Waals surface area contributed by atoms with Crippen LogP contribution in [-0.2, 0) is 17.6 Å². The zero-order chi connectivity index (χ0) is 21.4. The second-order valence-electron chi connectivity index (χ2n) is 9.12. The van der Waals surface area contributed by atoms with Crippen molar-refractivity contribution < 1.29 is 9.59 Å². The lowest BCUT2D eigenvalue weighted by Gasteiger charge is -2.38. The quantitative estimate of drug-likeness (QED) is 0.736. The van der Waals surface area contributed by atoms with Crippen LogP contribution in [0, 0.1) is 0 Å². The maximum atomic E-state index is 13.2. The van der Waals surface area contributed by atoms with Crippen LogP contribution in [0.25, 0.3) is 10.4 Å². The van der Waals surface area contributed by atoms with Crippen molar-refractivity contribution in [2.75, 3.05) is 39.3 Å². The number of hydrogen-bond acceptors (Lipinski definition) is 4. The molecule has 0 bridgehead atoms. The highest BCUT2D eigenvalue weighted by Gasteiger charge is 2.29. The zero-order valence-corrected chi connectivity index (χ0v) is 19.1. The van der Waals surface area contributed by atoms with Gasteiger partial charge in [-0.1, -0.05) is 24.3 Å². The standard InChI is InChI=1S/C25H31N3O2S/c1-18-6-4-5-11-28(18)23(29)17-26-12-14-27(15-13-26)25(30)22-16-20-10-9-19-7-2-3-8-21(19)24(20)31-22/h2-3,7-8,16,18H,4-6,9-15,17H2,1H3. The average Bonchev–Trinajstić information content (AvgIpc) is 3.24. The molecule has 164 valence electrons. The van der Waals surface area contributed by atoms with Crippen molar-refractivity contribution in [3.63, 3.8) is 0 Å². The Bertz CT molecular complexity index is 977. The molecular formula is C25H31N3O2S. The summed E-state index contributed by atoms with van der Waals surface area (Å²) in [5.74, 6) is 0.393. The minimum absolute atomic E-state index is 0.146. The number of piperazine rings is 1. The van der Waals surface area contributed by atoms with Crippen LogP contribution in [0.15, 0.2) is 30.3 Å². The molecule has 31 heavy (non-hydrogen) atoms. The lowest BCUT2D eigenvalue weighted by atomic mass is 9.91. The first-order chi connectivity index (χ1) is 15.1. The lowest BCUT2D eigenvalue weighted by molar-refractivity contribution is -0.136. The molecular weight excluding hydrogens is 406 g/mol. The second kappa shape index (κ2) is 8.75. The molecule has 2 aromatic rings. The van der Waals surface area contributed by atoms with E-state index in [2.05, 4.69) is 47.1 Å². The van der Waals surface area contributed by atoms with Crippen molar-refractivity contribution in [1.29, 1.82) is 0 Å². The predicted octanol–water partition coefficient (Wildman–Crippen LogP) is 3.67. The highest BCUT2D eigenvalue weighted by molar-refractivity contribution is 7.17. The van der Waals surface area contributed by atoms with Crippen molar-refractivity contribution in [1.82, 2.24) is 14.7 Å². The van der Waals surface area contributed by atoms with Crippen LogP contribution in [0.2, 0.25) is 0 Å². The largest absolute Gasteiger partial charge is 0.339 e. The summed E-state index contributed by atoms with van der Waals surface area (Å²) >= 11 is 1.64. The molecule has 5 rings (SSSR count). The van der Waals surface area contributed by atoms with Crippen LogP contribution in [0.1, 0.15) is 47.0 Å². The Kier molecular flexibility index (Phi) is 5.85. The number of thiophene rings is 1. The van der Waals surface area contributed by atoms with Gasteiger partial charge in [0.25, 0.3) is 5.91 Å². The molecule has 1 aromatic heterocycles. The zero-order valence-electron chi connectivity index (χ0n) is 18.3. The highest BCUT2D eigenvalue weighted by atomic mass is 32.1. The smallest absolute Gasteiger partial charge is 0.264 e. The first kappa shape index (κ1) is 20.7. The fraction of sp³-hybridized carbons (Fsp3) is 0.520. The average molecular weight is 438 g/mol. The van der Waals surface area contributed by atoms with E-state index in [-0.39, 0.29) is 11.8 Å². The van der Waals surface area contributed by atoms with Crippen LogP contribution in [0.4, 0.5) is 0 Å². The number of fused-ring (bicyclic) bond motifs is 3. The molecule has 1 unspecified atom stereocenters. The summed E-state index contributed by atoms with van der Waals surface area (Å²) < 4.78 is 0. The minimum Gasteiger partial charge on any atom is -0.339 e. The van der Waals surface area contributed by atoms with Gasteiger partial charge in [0.2, 0.25) is 5.91 Å². The number of piperidine rings is 1. The third-order valence-electron chi connectivity index (χ3n) is 7.09. The molecule has 0 N–H and O–H groups in total. The summed E-state index contributed by atoms with van der Waals surface area (Å²) in [7, 11) is 0. The number of hydrogen-bond donors (Lipinski definition) is 0.